The van der Waals surface area contributed by atoms with Gasteiger partial charge in [-0.05, 0) is 71.3 Å². The molecule has 1 heterocycles. The van der Waals surface area contributed by atoms with Gasteiger partial charge in [-0.3, -0.25) is 14.5 Å². The predicted molar refractivity (Wildman–Crippen MR) is 155 cm³/mol. The molecule has 198 valence electrons. The number of halogens is 1. The van der Waals surface area contributed by atoms with Crippen LogP contribution in [0.5, 0.6) is 0 Å². The van der Waals surface area contributed by atoms with Crippen molar-refractivity contribution >= 4 is 45.6 Å². The van der Waals surface area contributed by atoms with Crippen LogP contribution in [0.3, 0.4) is 0 Å². The van der Waals surface area contributed by atoms with E-state index in [1.54, 1.807) is 0 Å². The third-order valence-electron chi connectivity index (χ3n) is 7.55. The van der Waals surface area contributed by atoms with Crippen LogP contribution in [-0.2, 0) is 16.1 Å². The Bertz CT molecular complexity index is 1500. The maximum absolute atomic E-state index is 12.9. The van der Waals surface area contributed by atoms with Crippen LogP contribution in [0.4, 0.5) is 11.4 Å². The number of nitrogens with one attached hydrogen (secondary N) is 2. The third kappa shape index (κ3) is 5.98. The lowest BCUT2D eigenvalue weighted by Crippen LogP contribution is -2.35. The van der Waals surface area contributed by atoms with Gasteiger partial charge in [0, 0.05) is 52.9 Å². The topological polar surface area (TPSA) is 70.7 Å². The first kappa shape index (κ1) is 25.6. The number of ether oxygens (including phenoxy) is 1. The van der Waals surface area contributed by atoms with Gasteiger partial charge in [-0.25, -0.2) is 0 Å². The van der Waals surface area contributed by atoms with Gasteiger partial charge in [0.15, 0.2) is 0 Å². The molecule has 2 fully saturated rings. The zero-order valence-electron chi connectivity index (χ0n) is 21.5. The van der Waals surface area contributed by atoms with Crippen LogP contribution < -0.4 is 10.6 Å². The van der Waals surface area contributed by atoms with Gasteiger partial charge in [0.05, 0.1) is 13.2 Å². The SMILES string of the molecule is O=C(Nc1ccc(CN2CCOCC2)cc1)c1ccc([C@@H]2C[C@H]2C(=O)Nc2ccc3cccc(Cl)c3c2)cc1. The molecule has 1 saturated carbocycles. The number of morpholine rings is 1. The molecule has 2 amide bonds. The summed E-state index contributed by atoms with van der Waals surface area (Å²) in [5.74, 6) is -0.0689. The fraction of sp³-hybridized carbons (Fsp3) is 0.250. The Hall–Kier alpha value is -3.71. The van der Waals surface area contributed by atoms with Crippen molar-refractivity contribution in [2.24, 2.45) is 5.92 Å². The van der Waals surface area contributed by atoms with E-state index >= 15 is 0 Å². The first-order valence-corrected chi connectivity index (χ1v) is 13.7. The molecule has 0 radical (unpaired) electrons. The summed E-state index contributed by atoms with van der Waals surface area (Å²) in [5, 5.41) is 8.63. The summed E-state index contributed by atoms with van der Waals surface area (Å²) in [4.78, 5) is 28.0. The Balaban J connectivity index is 1.02. The lowest BCUT2D eigenvalue weighted by molar-refractivity contribution is -0.117. The Morgan fingerprint density at radius 3 is 2.38 bits per heavy atom. The van der Waals surface area contributed by atoms with E-state index in [9.17, 15) is 9.59 Å². The number of carbonyl (C=O) groups excluding carboxylic acids is 2. The van der Waals surface area contributed by atoms with Crippen LogP contribution in [0, 0.1) is 5.92 Å². The van der Waals surface area contributed by atoms with Crippen molar-refractivity contribution in [2.45, 2.75) is 18.9 Å². The highest BCUT2D eigenvalue weighted by Gasteiger charge is 2.44. The molecule has 1 saturated heterocycles. The molecule has 0 bridgehead atoms. The second kappa shape index (κ2) is 11.2. The molecule has 0 aromatic heterocycles. The summed E-state index contributed by atoms with van der Waals surface area (Å²) in [7, 11) is 0. The van der Waals surface area contributed by atoms with Crippen molar-refractivity contribution in [2.75, 3.05) is 36.9 Å². The van der Waals surface area contributed by atoms with E-state index < -0.39 is 0 Å². The standard InChI is InChI=1S/C32H30ClN3O3/c33-30-3-1-2-22-10-13-26(18-28(22)30)35-32(38)29-19-27(29)23-6-8-24(9-7-23)31(37)34-25-11-4-21(5-12-25)20-36-14-16-39-17-15-36/h1-13,18,27,29H,14-17,19-20H2,(H,34,37)(H,35,38)/t27-,29+/m0/s1. The number of anilines is 2. The van der Waals surface area contributed by atoms with Gasteiger partial charge in [-0.1, -0.05) is 54.1 Å². The van der Waals surface area contributed by atoms with E-state index in [1.165, 1.54) is 5.56 Å². The van der Waals surface area contributed by atoms with E-state index in [1.807, 2.05) is 72.8 Å². The third-order valence-corrected chi connectivity index (χ3v) is 7.88. The van der Waals surface area contributed by atoms with Crippen molar-refractivity contribution in [3.8, 4) is 0 Å². The lowest BCUT2D eigenvalue weighted by Gasteiger charge is -2.26. The summed E-state index contributed by atoms with van der Waals surface area (Å²) in [6.45, 7) is 4.34. The molecular formula is C32H30ClN3O3. The van der Waals surface area contributed by atoms with E-state index in [0.29, 0.717) is 10.6 Å². The zero-order valence-corrected chi connectivity index (χ0v) is 22.3. The van der Waals surface area contributed by atoms with E-state index in [-0.39, 0.29) is 23.7 Å². The van der Waals surface area contributed by atoms with Gasteiger partial charge in [0.25, 0.3) is 5.91 Å². The minimum Gasteiger partial charge on any atom is -0.379 e. The molecule has 6 rings (SSSR count). The van der Waals surface area contributed by atoms with Crippen LogP contribution in [-0.4, -0.2) is 43.0 Å². The van der Waals surface area contributed by atoms with Crippen molar-refractivity contribution in [3.05, 3.63) is 107 Å². The molecule has 0 spiro atoms. The number of carbonyl (C=O) groups is 2. The fourth-order valence-corrected chi connectivity index (χ4v) is 5.43. The molecule has 1 aliphatic heterocycles. The highest BCUT2D eigenvalue weighted by atomic mass is 35.5. The van der Waals surface area contributed by atoms with Crippen LogP contribution in [0.15, 0.2) is 84.9 Å². The summed E-state index contributed by atoms with van der Waals surface area (Å²) < 4.78 is 5.41. The summed E-state index contributed by atoms with van der Waals surface area (Å²) in [5.41, 5.74) is 4.38. The number of fused-ring (bicyclic) bond motifs is 1. The number of benzene rings is 4. The van der Waals surface area contributed by atoms with Crippen LogP contribution >= 0.6 is 11.6 Å². The highest BCUT2D eigenvalue weighted by molar-refractivity contribution is 6.35. The van der Waals surface area contributed by atoms with Gasteiger partial charge < -0.3 is 15.4 Å². The van der Waals surface area contributed by atoms with Gasteiger partial charge in [-0.2, -0.15) is 0 Å². The highest BCUT2D eigenvalue weighted by Crippen LogP contribution is 2.48. The number of nitrogens with zero attached hydrogens (tertiary/aromatic N) is 1. The van der Waals surface area contributed by atoms with Crippen LogP contribution in [0.1, 0.15) is 33.8 Å². The summed E-state index contributed by atoms with van der Waals surface area (Å²) in [6, 6.07) is 27.1. The Morgan fingerprint density at radius 2 is 1.62 bits per heavy atom. The van der Waals surface area contributed by atoms with Gasteiger partial charge in [0.2, 0.25) is 5.91 Å². The molecule has 6 nitrogen and oxygen atoms in total. The second-order valence-electron chi connectivity index (χ2n) is 10.3. The Kier molecular flexibility index (Phi) is 7.33. The van der Waals surface area contributed by atoms with Crippen molar-refractivity contribution < 1.29 is 14.3 Å². The maximum atomic E-state index is 12.9. The average Bonchev–Trinajstić information content (AvgIpc) is 3.77. The van der Waals surface area contributed by atoms with Crippen molar-refractivity contribution in [1.82, 2.24) is 4.90 Å². The van der Waals surface area contributed by atoms with E-state index in [0.717, 1.165) is 67.0 Å². The van der Waals surface area contributed by atoms with Crippen molar-refractivity contribution in [1.29, 1.82) is 0 Å². The van der Waals surface area contributed by atoms with Gasteiger partial charge in [0.1, 0.15) is 0 Å². The molecule has 2 atom stereocenters. The quantitative estimate of drug-likeness (QED) is 0.288. The number of hydrogen-bond donors (Lipinski definition) is 2. The number of hydrogen-bond acceptors (Lipinski definition) is 4. The largest absolute Gasteiger partial charge is 0.379 e. The molecule has 39 heavy (non-hydrogen) atoms. The van der Waals surface area contributed by atoms with Gasteiger partial charge in [-0.15, -0.1) is 0 Å². The molecule has 7 heteroatoms. The molecular weight excluding hydrogens is 510 g/mol. The Labute approximate surface area is 232 Å². The average molecular weight is 540 g/mol. The molecule has 1 aliphatic carbocycles. The summed E-state index contributed by atoms with van der Waals surface area (Å²) >= 11 is 6.32. The number of rotatable bonds is 7. The minimum absolute atomic E-state index is 0.00490. The predicted octanol–water partition coefficient (Wildman–Crippen LogP) is 6.32. The minimum atomic E-state index is -0.150. The second-order valence-corrected chi connectivity index (χ2v) is 10.7. The normalized spacial score (nSPS) is 19.0. The number of amides is 2. The van der Waals surface area contributed by atoms with Crippen molar-refractivity contribution in [3.63, 3.8) is 0 Å². The molecule has 0 unspecified atom stereocenters. The van der Waals surface area contributed by atoms with Crippen LogP contribution in [0.2, 0.25) is 5.02 Å². The van der Waals surface area contributed by atoms with Gasteiger partial charge >= 0.3 is 0 Å². The fourth-order valence-electron chi connectivity index (χ4n) is 5.20. The maximum Gasteiger partial charge on any atom is 0.255 e. The molecule has 4 aromatic carbocycles. The summed E-state index contributed by atoms with van der Waals surface area (Å²) in [6.07, 6.45) is 0.794. The van der Waals surface area contributed by atoms with E-state index in [4.69, 9.17) is 16.3 Å². The first-order valence-electron chi connectivity index (χ1n) is 13.3. The Morgan fingerprint density at radius 1 is 0.872 bits per heavy atom. The van der Waals surface area contributed by atoms with E-state index in [2.05, 4.69) is 27.7 Å². The first-order chi connectivity index (χ1) is 19.0. The monoisotopic (exact) mass is 539 g/mol. The lowest BCUT2D eigenvalue weighted by atomic mass is 10.1. The molecule has 2 N–H and O–H groups in total. The smallest absolute Gasteiger partial charge is 0.255 e. The van der Waals surface area contributed by atoms with Crippen LogP contribution in [0.25, 0.3) is 10.8 Å². The zero-order chi connectivity index (χ0) is 26.8. The molecule has 2 aliphatic rings. The molecule has 4 aromatic rings.